The fourth-order valence-electron chi connectivity index (χ4n) is 3.57. The van der Waals surface area contributed by atoms with Gasteiger partial charge in [0.15, 0.2) is 8.32 Å². The van der Waals surface area contributed by atoms with E-state index in [2.05, 4.69) is 60.6 Å². The van der Waals surface area contributed by atoms with Crippen molar-refractivity contribution in [3.63, 3.8) is 0 Å². The lowest BCUT2D eigenvalue weighted by Crippen LogP contribution is -2.47. The van der Waals surface area contributed by atoms with Crippen LogP contribution in [-0.2, 0) is 4.43 Å². The topological polar surface area (TPSA) is 9.23 Å². The van der Waals surface area contributed by atoms with Crippen LogP contribution in [0.5, 0.6) is 0 Å². The van der Waals surface area contributed by atoms with E-state index < -0.39 is 8.32 Å². The highest BCUT2D eigenvalue weighted by Gasteiger charge is 2.44. The van der Waals surface area contributed by atoms with E-state index in [0.717, 1.165) is 13.0 Å². The number of allylic oxidation sites excluding steroid dienone is 2. The second kappa shape index (κ2) is 10.6. The van der Waals surface area contributed by atoms with Crippen LogP contribution in [0, 0.1) is 0 Å². The van der Waals surface area contributed by atoms with Gasteiger partial charge >= 0.3 is 0 Å². The Morgan fingerprint density at radius 1 is 0.800 bits per heavy atom. The van der Waals surface area contributed by atoms with Crippen molar-refractivity contribution in [1.29, 1.82) is 0 Å². The molecule has 0 saturated heterocycles. The van der Waals surface area contributed by atoms with Crippen LogP contribution in [0.4, 0.5) is 0 Å². The zero-order chi connectivity index (χ0) is 15.6. The predicted octanol–water partition coefficient (Wildman–Crippen LogP) is 6.71. The molecule has 0 amide bonds. The van der Waals surface area contributed by atoms with E-state index in [0.29, 0.717) is 16.6 Å². The Morgan fingerprint density at radius 2 is 1.35 bits per heavy atom. The van der Waals surface area contributed by atoms with E-state index in [1.807, 2.05) is 0 Å². The molecule has 0 unspecified atom stereocenters. The third kappa shape index (κ3) is 6.13. The molecule has 2 heteroatoms. The Bertz CT molecular complexity index is 234. The molecule has 0 aliphatic carbocycles. The number of rotatable bonds is 11. The first-order chi connectivity index (χ1) is 9.39. The van der Waals surface area contributed by atoms with Crippen molar-refractivity contribution >= 4 is 8.32 Å². The molecule has 0 aromatic rings. The molecular formula is C18H38OSi. The van der Waals surface area contributed by atoms with Crippen LogP contribution in [0.25, 0.3) is 0 Å². The van der Waals surface area contributed by atoms with E-state index in [-0.39, 0.29) is 0 Å². The van der Waals surface area contributed by atoms with Crippen LogP contribution < -0.4 is 0 Å². The maximum Gasteiger partial charge on any atom is 0.200 e. The summed E-state index contributed by atoms with van der Waals surface area (Å²) in [5.74, 6) is 0. The molecule has 0 heterocycles. The van der Waals surface area contributed by atoms with Crippen LogP contribution in [0.15, 0.2) is 12.2 Å². The maximum absolute atomic E-state index is 6.56. The van der Waals surface area contributed by atoms with Crippen molar-refractivity contribution in [2.75, 3.05) is 6.61 Å². The molecule has 0 fully saturated rings. The van der Waals surface area contributed by atoms with Crippen molar-refractivity contribution in [3.05, 3.63) is 12.2 Å². The molecule has 0 rings (SSSR count). The summed E-state index contributed by atoms with van der Waals surface area (Å²) in [4.78, 5) is 0. The van der Waals surface area contributed by atoms with E-state index in [1.54, 1.807) is 0 Å². The van der Waals surface area contributed by atoms with Gasteiger partial charge in [-0.2, -0.15) is 0 Å². The van der Waals surface area contributed by atoms with Crippen molar-refractivity contribution in [2.45, 2.75) is 97.2 Å². The molecule has 0 atom stereocenters. The monoisotopic (exact) mass is 298 g/mol. The normalized spacial score (nSPS) is 13.3. The molecule has 0 aromatic heterocycles. The Labute approximate surface area is 129 Å². The summed E-state index contributed by atoms with van der Waals surface area (Å²) in [5.41, 5.74) is 2.11. The zero-order valence-electron chi connectivity index (χ0n) is 15.0. The zero-order valence-corrected chi connectivity index (χ0v) is 16.0. The number of hydrogen-bond acceptors (Lipinski definition) is 1. The van der Waals surface area contributed by atoms with Gasteiger partial charge in [0, 0.05) is 6.61 Å². The quantitative estimate of drug-likeness (QED) is 0.234. The molecular weight excluding hydrogens is 260 g/mol. The first-order valence-corrected chi connectivity index (χ1v) is 10.8. The van der Waals surface area contributed by atoms with Crippen LogP contribution >= 0.6 is 0 Å². The molecule has 20 heavy (non-hydrogen) atoms. The Hall–Kier alpha value is -0.0831. The van der Waals surface area contributed by atoms with Crippen LogP contribution in [0.3, 0.4) is 0 Å². The fourth-order valence-corrected chi connectivity index (χ4v) is 9.07. The van der Waals surface area contributed by atoms with Crippen LogP contribution in [0.2, 0.25) is 16.6 Å². The highest BCUT2D eigenvalue weighted by Crippen LogP contribution is 2.42. The third-order valence-corrected chi connectivity index (χ3v) is 10.6. The molecule has 0 spiro atoms. The van der Waals surface area contributed by atoms with Gasteiger partial charge in [-0.05, 0) is 42.3 Å². The minimum absolute atomic E-state index is 0.704. The third-order valence-electron chi connectivity index (χ3n) is 4.48. The molecule has 0 radical (unpaired) electrons. The van der Waals surface area contributed by atoms with Crippen molar-refractivity contribution in [1.82, 2.24) is 0 Å². The summed E-state index contributed by atoms with van der Waals surface area (Å²) in [7, 11) is -1.62. The minimum atomic E-state index is -1.62. The summed E-state index contributed by atoms with van der Waals surface area (Å²) < 4.78 is 6.56. The van der Waals surface area contributed by atoms with Crippen molar-refractivity contribution in [2.24, 2.45) is 0 Å². The molecule has 0 bridgehead atoms. The van der Waals surface area contributed by atoms with E-state index in [9.17, 15) is 0 Å². The minimum Gasteiger partial charge on any atom is -0.416 e. The molecule has 1 nitrogen and oxygen atoms in total. The van der Waals surface area contributed by atoms with Gasteiger partial charge in [-0.25, -0.2) is 0 Å². The van der Waals surface area contributed by atoms with Crippen molar-refractivity contribution in [3.8, 4) is 0 Å². The molecule has 0 saturated carbocycles. The number of unbranched alkanes of at least 4 members (excludes halogenated alkanes) is 3. The summed E-state index contributed by atoms with van der Waals surface area (Å²) in [5, 5.41) is 0. The lowest BCUT2D eigenvalue weighted by atomic mass is 10.2. The van der Waals surface area contributed by atoms with Crippen molar-refractivity contribution < 1.29 is 4.43 Å². The smallest absolute Gasteiger partial charge is 0.200 e. The van der Waals surface area contributed by atoms with E-state index in [4.69, 9.17) is 4.43 Å². The van der Waals surface area contributed by atoms with Gasteiger partial charge in [0.25, 0.3) is 0 Å². The summed E-state index contributed by atoms with van der Waals surface area (Å²) in [6.07, 6.45) is 10.8. The van der Waals surface area contributed by atoms with E-state index in [1.165, 1.54) is 25.7 Å². The molecule has 0 N–H and O–H groups in total. The summed E-state index contributed by atoms with van der Waals surface area (Å²) in [6.45, 7) is 17.3. The van der Waals surface area contributed by atoms with Crippen LogP contribution in [-0.4, -0.2) is 14.9 Å². The van der Waals surface area contributed by atoms with Crippen LogP contribution in [0.1, 0.15) is 80.6 Å². The standard InChI is InChI=1S/C18H38OSi/c1-8-9-10-11-12-13-14-15-19-20(16(2)3,17(4)5)18(6)7/h9-10,16-18H,8,11-15H2,1-7H3. The molecule has 0 aliphatic rings. The first kappa shape index (κ1) is 19.9. The van der Waals surface area contributed by atoms with Gasteiger partial charge in [-0.1, -0.05) is 67.0 Å². The van der Waals surface area contributed by atoms with Gasteiger partial charge in [-0.15, -0.1) is 0 Å². The van der Waals surface area contributed by atoms with Gasteiger partial charge < -0.3 is 4.43 Å². The Kier molecular flexibility index (Phi) is 10.6. The highest BCUT2D eigenvalue weighted by molar-refractivity contribution is 6.77. The largest absolute Gasteiger partial charge is 0.416 e. The fraction of sp³-hybridized carbons (Fsp3) is 0.889. The lowest BCUT2D eigenvalue weighted by Gasteiger charge is -2.42. The summed E-state index contributed by atoms with van der Waals surface area (Å²) in [6, 6.07) is 0. The van der Waals surface area contributed by atoms with E-state index >= 15 is 0 Å². The molecule has 0 aliphatic heterocycles. The highest BCUT2D eigenvalue weighted by atomic mass is 28.4. The van der Waals surface area contributed by atoms with Gasteiger partial charge in [0.05, 0.1) is 0 Å². The van der Waals surface area contributed by atoms with Gasteiger partial charge in [-0.3, -0.25) is 0 Å². The predicted molar refractivity (Wildman–Crippen MR) is 94.9 cm³/mol. The molecule has 120 valence electrons. The Balaban J connectivity index is 4.13. The average Bonchev–Trinajstić information content (AvgIpc) is 2.35. The lowest BCUT2D eigenvalue weighted by molar-refractivity contribution is 0.268. The second-order valence-electron chi connectivity index (χ2n) is 6.90. The number of hydrogen-bond donors (Lipinski definition) is 0. The van der Waals surface area contributed by atoms with Gasteiger partial charge in [0.2, 0.25) is 0 Å². The first-order valence-electron chi connectivity index (χ1n) is 8.68. The molecule has 0 aromatic carbocycles. The average molecular weight is 299 g/mol. The second-order valence-corrected chi connectivity index (χ2v) is 12.4. The SMILES string of the molecule is CCC=CCCCCCO[Si](C(C)C)(C(C)C)C(C)C. The Morgan fingerprint density at radius 3 is 1.80 bits per heavy atom. The summed E-state index contributed by atoms with van der Waals surface area (Å²) >= 11 is 0. The van der Waals surface area contributed by atoms with Gasteiger partial charge in [0.1, 0.15) is 0 Å². The maximum atomic E-state index is 6.56.